The molecule has 0 spiro atoms. The van der Waals surface area contributed by atoms with Gasteiger partial charge < -0.3 is 10.2 Å². The van der Waals surface area contributed by atoms with Crippen molar-refractivity contribution in [3.63, 3.8) is 0 Å². The minimum Gasteiger partial charge on any atom is -0.373 e. The van der Waals surface area contributed by atoms with Gasteiger partial charge >= 0.3 is 0 Å². The van der Waals surface area contributed by atoms with Gasteiger partial charge in [0.15, 0.2) is 0 Å². The Kier molecular flexibility index (Phi) is 4.04. The van der Waals surface area contributed by atoms with Crippen molar-refractivity contribution in [3.8, 4) is 0 Å². The van der Waals surface area contributed by atoms with E-state index in [0.717, 1.165) is 48.2 Å². The first kappa shape index (κ1) is 13.9. The maximum Gasteiger partial charge on any atom is 0.254 e. The predicted molar refractivity (Wildman–Crippen MR) is 85.7 cm³/mol. The van der Waals surface area contributed by atoms with E-state index < -0.39 is 0 Å². The third-order valence-corrected chi connectivity index (χ3v) is 4.10. The molecule has 1 aromatic heterocycles. The Balaban J connectivity index is 2.03. The Hall–Kier alpha value is -2.10. The fourth-order valence-corrected chi connectivity index (χ4v) is 2.92. The molecule has 2 heterocycles. The van der Waals surface area contributed by atoms with Gasteiger partial charge in [0.1, 0.15) is 5.82 Å². The summed E-state index contributed by atoms with van der Waals surface area (Å²) in [5.74, 6) is 0.874. The summed E-state index contributed by atoms with van der Waals surface area (Å²) in [6, 6.07) is 9.72. The topological polar surface area (TPSA) is 45.2 Å². The van der Waals surface area contributed by atoms with Crippen LogP contribution in [0.15, 0.2) is 30.3 Å². The lowest BCUT2D eigenvalue weighted by Crippen LogP contribution is -2.32. The molecule has 110 valence electrons. The summed E-state index contributed by atoms with van der Waals surface area (Å²) in [6.45, 7) is 1.73. The number of nitrogens with one attached hydrogen (secondary N) is 1. The Labute approximate surface area is 125 Å². The minimum absolute atomic E-state index is 0.131. The molecule has 3 rings (SSSR count). The first-order valence-corrected chi connectivity index (χ1v) is 7.66. The van der Waals surface area contributed by atoms with E-state index in [1.54, 1.807) is 0 Å². The molecule has 4 heteroatoms. The van der Waals surface area contributed by atoms with E-state index >= 15 is 0 Å². The van der Waals surface area contributed by atoms with Crippen LogP contribution in [-0.4, -0.2) is 35.9 Å². The van der Waals surface area contributed by atoms with Gasteiger partial charge in [-0.15, -0.1) is 0 Å². The van der Waals surface area contributed by atoms with Gasteiger partial charge in [0.25, 0.3) is 5.91 Å². The summed E-state index contributed by atoms with van der Waals surface area (Å²) in [6.07, 6.45) is 4.66. The first-order valence-electron chi connectivity index (χ1n) is 7.66. The van der Waals surface area contributed by atoms with Crippen LogP contribution in [-0.2, 0) is 0 Å². The van der Waals surface area contributed by atoms with Gasteiger partial charge in [-0.25, -0.2) is 4.98 Å². The number of pyridine rings is 1. The Morgan fingerprint density at radius 3 is 2.57 bits per heavy atom. The van der Waals surface area contributed by atoms with Crippen LogP contribution in [0.1, 0.15) is 36.0 Å². The van der Waals surface area contributed by atoms with Gasteiger partial charge in [-0.2, -0.15) is 0 Å². The number of carbonyl (C=O) groups excluding carboxylic acids is 1. The molecule has 1 aromatic carbocycles. The zero-order valence-corrected chi connectivity index (χ0v) is 12.4. The Morgan fingerprint density at radius 1 is 1.14 bits per heavy atom. The molecule has 1 amide bonds. The average Bonchev–Trinajstić information content (AvgIpc) is 2.82. The average molecular weight is 283 g/mol. The second-order valence-corrected chi connectivity index (χ2v) is 5.53. The zero-order chi connectivity index (χ0) is 14.7. The fraction of sp³-hybridized carbons (Fsp3) is 0.412. The summed E-state index contributed by atoms with van der Waals surface area (Å²) in [5.41, 5.74) is 1.62. The smallest absolute Gasteiger partial charge is 0.254 e. The number of hydrogen-bond donors (Lipinski definition) is 1. The van der Waals surface area contributed by atoms with Gasteiger partial charge in [0.2, 0.25) is 0 Å². The second kappa shape index (κ2) is 6.12. The number of hydrogen-bond acceptors (Lipinski definition) is 3. The predicted octanol–water partition coefficient (Wildman–Crippen LogP) is 3.29. The maximum atomic E-state index is 12.9. The number of para-hydroxylation sites is 1. The lowest BCUT2D eigenvalue weighted by molar-refractivity contribution is 0.0763. The fourth-order valence-electron chi connectivity index (χ4n) is 2.92. The number of fused-ring (bicyclic) bond motifs is 1. The SMILES string of the molecule is CNc1cc(C(=O)N2CCCCCC2)c2ccccc2n1. The molecule has 21 heavy (non-hydrogen) atoms. The number of aromatic nitrogens is 1. The van der Waals surface area contributed by atoms with E-state index in [1.165, 1.54) is 12.8 Å². The quantitative estimate of drug-likeness (QED) is 0.920. The molecule has 1 fully saturated rings. The summed E-state index contributed by atoms with van der Waals surface area (Å²) in [7, 11) is 1.83. The Bertz CT molecular complexity index is 646. The van der Waals surface area contributed by atoms with Gasteiger partial charge in [-0.05, 0) is 25.0 Å². The standard InChI is InChI=1S/C17H21N3O/c1-18-16-12-14(13-8-4-5-9-15(13)19-16)17(21)20-10-6-2-3-7-11-20/h4-5,8-9,12H,2-3,6-7,10-11H2,1H3,(H,18,19). The second-order valence-electron chi connectivity index (χ2n) is 5.53. The van der Waals surface area contributed by atoms with Crippen LogP contribution in [0.4, 0.5) is 5.82 Å². The van der Waals surface area contributed by atoms with E-state index in [0.29, 0.717) is 0 Å². The summed E-state index contributed by atoms with van der Waals surface area (Å²) < 4.78 is 0. The van der Waals surface area contributed by atoms with Crippen LogP contribution in [0.25, 0.3) is 10.9 Å². The number of anilines is 1. The van der Waals surface area contributed by atoms with Crippen LogP contribution >= 0.6 is 0 Å². The van der Waals surface area contributed by atoms with E-state index in [1.807, 2.05) is 42.3 Å². The Morgan fingerprint density at radius 2 is 1.86 bits per heavy atom. The van der Waals surface area contributed by atoms with Crippen molar-refractivity contribution in [2.24, 2.45) is 0 Å². The first-order chi connectivity index (χ1) is 10.3. The van der Waals surface area contributed by atoms with Crippen LogP contribution in [0.5, 0.6) is 0 Å². The molecular formula is C17H21N3O. The maximum absolute atomic E-state index is 12.9. The molecule has 4 nitrogen and oxygen atoms in total. The molecule has 0 aliphatic carbocycles. The van der Waals surface area contributed by atoms with Gasteiger partial charge in [0, 0.05) is 25.5 Å². The van der Waals surface area contributed by atoms with Gasteiger partial charge in [0.05, 0.1) is 11.1 Å². The molecule has 2 aromatic rings. The molecule has 1 N–H and O–H groups in total. The van der Waals surface area contributed by atoms with Crippen LogP contribution in [0, 0.1) is 0 Å². The molecule has 0 atom stereocenters. The number of rotatable bonds is 2. The molecule has 0 radical (unpaired) electrons. The van der Waals surface area contributed by atoms with E-state index in [-0.39, 0.29) is 5.91 Å². The highest BCUT2D eigenvalue weighted by atomic mass is 16.2. The summed E-state index contributed by atoms with van der Waals surface area (Å²) >= 11 is 0. The monoisotopic (exact) mass is 283 g/mol. The molecule has 0 unspecified atom stereocenters. The van der Waals surface area contributed by atoms with Crippen molar-refractivity contribution in [3.05, 3.63) is 35.9 Å². The van der Waals surface area contributed by atoms with Crippen molar-refractivity contribution >= 4 is 22.6 Å². The number of amides is 1. The van der Waals surface area contributed by atoms with Crippen LogP contribution in [0.2, 0.25) is 0 Å². The van der Waals surface area contributed by atoms with Gasteiger partial charge in [-0.3, -0.25) is 4.79 Å². The molecule has 0 bridgehead atoms. The third kappa shape index (κ3) is 2.84. The highest BCUT2D eigenvalue weighted by Gasteiger charge is 2.20. The zero-order valence-electron chi connectivity index (χ0n) is 12.4. The molecule has 1 aliphatic heterocycles. The molecular weight excluding hydrogens is 262 g/mol. The molecule has 0 saturated carbocycles. The van der Waals surface area contributed by atoms with Crippen molar-refractivity contribution in [2.75, 3.05) is 25.5 Å². The highest BCUT2D eigenvalue weighted by Crippen LogP contribution is 2.23. The molecule has 1 aliphatic rings. The van der Waals surface area contributed by atoms with E-state index in [2.05, 4.69) is 10.3 Å². The van der Waals surface area contributed by atoms with Gasteiger partial charge in [-0.1, -0.05) is 31.0 Å². The molecule has 1 saturated heterocycles. The van der Waals surface area contributed by atoms with Crippen LogP contribution in [0.3, 0.4) is 0 Å². The van der Waals surface area contributed by atoms with Crippen molar-refractivity contribution in [2.45, 2.75) is 25.7 Å². The van der Waals surface area contributed by atoms with E-state index in [9.17, 15) is 4.79 Å². The van der Waals surface area contributed by atoms with E-state index in [4.69, 9.17) is 0 Å². The highest BCUT2D eigenvalue weighted by molar-refractivity contribution is 6.07. The third-order valence-electron chi connectivity index (χ3n) is 4.10. The number of likely N-dealkylation sites (tertiary alicyclic amines) is 1. The number of nitrogens with zero attached hydrogens (tertiary/aromatic N) is 2. The lowest BCUT2D eigenvalue weighted by atomic mass is 10.1. The lowest BCUT2D eigenvalue weighted by Gasteiger charge is -2.21. The van der Waals surface area contributed by atoms with Crippen molar-refractivity contribution in [1.82, 2.24) is 9.88 Å². The minimum atomic E-state index is 0.131. The summed E-state index contributed by atoms with van der Waals surface area (Å²) in [5, 5.41) is 3.98. The number of benzene rings is 1. The number of carbonyl (C=O) groups is 1. The summed E-state index contributed by atoms with van der Waals surface area (Å²) in [4.78, 5) is 19.4. The van der Waals surface area contributed by atoms with Crippen molar-refractivity contribution < 1.29 is 4.79 Å². The largest absolute Gasteiger partial charge is 0.373 e. The normalized spacial score (nSPS) is 15.8. The van der Waals surface area contributed by atoms with Crippen molar-refractivity contribution in [1.29, 1.82) is 0 Å². The van der Waals surface area contributed by atoms with Crippen LogP contribution < -0.4 is 5.32 Å².